The van der Waals surface area contributed by atoms with Crippen LogP contribution >= 0.6 is 15.9 Å². The number of carbonyl (C=O) groups is 1. The average Bonchev–Trinajstić information content (AvgIpc) is 2.90. The fourth-order valence-corrected chi connectivity index (χ4v) is 1.77. The maximum Gasteiger partial charge on any atom is 0.126 e. The smallest absolute Gasteiger partial charge is 0.126 e. The molecule has 2 heteroatoms. The summed E-state index contributed by atoms with van der Waals surface area (Å²) in [6.07, 6.45) is 4.15. The molecule has 0 atom stereocenters. The maximum atomic E-state index is 10.8. The molecule has 0 aromatic heterocycles. The van der Waals surface area contributed by atoms with Gasteiger partial charge in [-0.3, -0.25) is 0 Å². The third kappa shape index (κ3) is 1.99. The molecule has 0 amide bonds. The van der Waals surface area contributed by atoms with Crippen LogP contribution in [0, 0.1) is 5.41 Å². The zero-order valence-electron chi connectivity index (χ0n) is 7.29. The van der Waals surface area contributed by atoms with Crippen LogP contribution in [0.2, 0.25) is 0 Å². The predicted molar refractivity (Wildman–Crippen MR) is 55.6 cm³/mol. The van der Waals surface area contributed by atoms with Gasteiger partial charge in [0.25, 0.3) is 0 Å². The van der Waals surface area contributed by atoms with Gasteiger partial charge < -0.3 is 4.79 Å². The monoisotopic (exact) mass is 238 g/mol. The molecule has 0 bridgehead atoms. The Balaban J connectivity index is 2.10. The molecule has 1 saturated carbocycles. The van der Waals surface area contributed by atoms with Crippen LogP contribution in [0.1, 0.15) is 18.4 Å². The van der Waals surface area contributed by atoms with Crippen LogP contribution in [0.25, 0.3) is 0 Å². The van der Waals surface area contributed by atoms with E-state index in [4.69, 9.17) is 0 Å². The Hall–Kier alpha value is -0.630. The number of hydrogen-bond donors (Lipinski definition) is 0. The first-order valence-corrected chi connectivity index (χ1v) is 5.24. The van der Waals surface area contributed by atoms with E-state index in [1.807, 2.05) is 12.1 Å². The van der Waals surface area contributed by atoms with Crippen LogP contribution in [0.3, 0.4) is 0 Å². The minimum atomic E-state index is -0.00612. The summed E-state index contributed by atoms with van der Waals surface area (Å²) in [6.45, 7) is 0. The lowest BCUT2D eigenvalue weighted by Crippen LogP contribution is -2.05. The van der Waals surface area contributed by atoms with E-state index in [-0.39, 0.29) is 5.41 Å². The highest BCUT2D eigenvalue weighted by molar-refractivity contribution is 9.10. The molecule has 0 radical (unpaired) electrons. The summed E-state index contributed by atoms with van der Waals surface area (Å²) in [4.78, 5) is 10.8. The van der Waals surface area contributed by atoms with E-state index in [9.17, 15) is 4.79 Å². The summed E-state index contributed by atoms with van der Waals surface area (Å²) >= 11 is 3.39. The van der Waals surface area contributed by atoms with E-state index in [2.05, 4.69) is 28.1 Å². The Morgan fingerprint density at radius 3 is 2.38 bits per heavy atom. The molecule has 1 aliphatic rings. The van der Waals surface area contributed by atoms with Gasteiger partial charge in [0, 0.05) is 9.89 Å². The Labute approximate surface area is 86.3 Å². The van der Waals surface area contributed by atoms with Gasteiger partial charge in [0.15, 0.2) is 0 Å². The Morgan fingerprint density at radius 1 is 1.31 bits per heavy atom. The summed E-state index contributed by atoms with van der Waals surface area (Å²) in [7, 11) is 0. The number of aldehydes is 1. The highest BCUT2D eigenvalue weighted by Crippen LogP contribution is 2.46. The molecule has 0 heterocycles. The van der Waals surface area contributed by atoms with Crippen molar-refractivity contribution in [3.8, 4) is 0 Å². The van der Waals surface area contributed by atoms with Gasteiger partial charge in [-0.05, 0) is 37.0 Å². The van der Waals surface area contributed by atoms with Gasteiger partial charge in [0.05, 0.1) is 0 Å². The summed E-state index contributed by atoms with van der Waals surface area (Å²) in [5.74, 6) is 0. The zero-order valence-corrected chi connectivity index (χ0v) is 8.88. The third-order valence-corrected chi connectivity index (χ3v) is 3.14. The number of hydrogen-bond acceptors (Lipinski definition) is 1. The van der Waals surface area contributed by atoms with Crippen molar-refractivity contribution in [2.75, 3.05) is 0 Å². The van der Waals surface area contributed by atoms with Crippen molar-refractivity contribution in [2.24, 2.45) is 5.41 Å². The van der Waals surface area contributed by atoms with E-state index in [1.54, 1.807) is 0 Å². The first kappa shape index (κ1) is 8.95. The van der Waals surface area contributed by atoms with Crippen LogP contribution in [-0.4, -0.2) is 6.29 Å². The van der Waals surface area contributed by atoms with Crippen molar-refractivity contribution < 1.29 is 4.79 Å². The lowest BCUT2D eigenvalue weighted by atomic mass is 9.98. The van der Waals surface area contributed by atoms with Crippen LogP contribution in [-0.2, 0) is 11.2 Å². The number of rotatable bonds is 3. The molecular weight excluding hydrogens is 228 g/mol. The largest absolute Gasteiger partial charge is 0.303 e. The van der Waals surface area contributed by atoms with Gasteiger partial charge >= 0.3 is 0 Å². The second-order valence-corrected chi connectivity index (χ2v) is 4.70. The van der Waals surface area contributed by atoms with Crippen molar-refractivity contribution in [2.45, 2.75) is 19.3 Å². The zero-order chi connectivity index (χ0) is 9.31. The molecule has 1 nitrogen and oxygen atoms in total. The van der Waals surface area contributed by atoms with Gasteiger partial charge in [0.1, 0.15) is 6.29 Å². The summed E-state index contributed by atoms with van der Waals surface area (Å²) in [6, 6.07) is 8.20. The molecular formula is C11H11BrO. The van der Waals surface area contributed by atoms with Gasteiger partial charge in [-0.2, -0.15) is 0 Å². The normalized spacial score (nSPS) is 18.2. The molecule has 13 heavy (non-hydrogen) atoms. The van der Waals surface area contributed by atoms with Crippen molar-refractivity contribution in [1.82, 2.24) is 0 Å². The molecule has 0 N–H and O–H groups in total. The standard InChI is InChI=1S/C11H11BrO/c12-10-3-1-9(2-4-10)7-11(8-13)5-6-11/h1-4,8H,5-7H2. The second-order valence-electron chi connectivity index (χ2n) is 3.78. The SMILES string of the molecule is O=CC1(Cc2ccc(Br)cc2)CC1. The van der Waals surface area contributed by atoms with E-state index < -0.39 is 0 Å². The van der Waals surface area contributed by atoms with Gasteiger partial charge in [-0.15, -0.1) is 0 Å². The molecule has 2 rings (SSSR count). The highest BCUT2D eigenvalue weighted by atomic mass is 79.9. The topological polar surface area (TPSA) is 17.1 Å². The highest BCUT2D eigenvalue weighted by Gasteiger charge is 2.42. The molecule has 0 saturated heterocycles. The molecule has 0 unspecified atom stereocenters. The molecule has 1 fully saturated rings. The fourth-order valence-electron chi connectivity index (χ4n) is 1.51. The predicted octanol–water partition coefficient (Wildman–Crippen LogP) is 2.97. The summed E-state index contributed by atoms with van der Waals surface area (Å²) < 4.78 is 1.09. The van der Waals surface area contributed by atoms with E-state index in [0.29, 0.717) is 0 Å². The number of benzene rings is 1. The van der Waals surface area contributed by atoms with Crippen molar-refractivity contribution >= 4 is 22.2 Å². The minimum Gasteiger partial charge on any atom is -0.303 e. The molecule has 68 valence electrons. The fraction of sp³-hybridized carbons (Fsp3) is 0.364. The van der Waals surface area contributed by atoms with Gasteiger partial charge in [0.2, 0.25) is 0 Å². The summed E-state index contributed by atoms with van der Waals surface area (Å²) in [5.41, 5.74) is 1.25. The maximum absolute atomic E-state index is 10.8. The van der Waals surface area contributed by atoms with Crippen LogP contribution in [0.4, 0.5) is 0 Å². The van der Waals surface area contributed by atoms with Crippen LogP contribution in [0.15, 0.2) is 28.7 Å². The molecule has 1 aromatic carbocycles. The quantitative estimate of drug-likeness (QED) is 0.741. The molecule has 1 aromatic rings. The van der Waals surface area contributed by atoms with Crippen molar-refractivity contribution in [3.63, 3.8) is 0 Å². The van der Waals surface area contributed by atoms with Crippen LogP contribution < -0.4 is 0 Å². The molecule has 1 aliphatic carbocycles. The average molecular weight is 239 g/mol. The Bertz CT molecular complexity index is 311. The first-order chi connectivity index (χ1) is 6.24. The van der Waals surface area contributed by atoms with Gasteiger partial charge in [-0.25, -0.2) is 0 Å². The lowest BCUT2D eigenvalue weighted by molar-refractivity contribution is -0.112. The molecule has 0 spiro atoms. The third-order valence-electron chi connectivity index (χ3n) is 2.61. The Kier molecular flexibility index (Phi) is 2.24. The van der Waals surface area contributed by atoms with E-state index in [0.717, 1.165) is 30.0 Å². The number of halogens is 1. The Morgan fingerprint density at radius 2 is 1.92 bits per heavy atom. The number of carbonyl (C=O) groups excluding carboxylic acids is 1. The minimum absolute atomic E-state index is 0.00612. The summed E-state index contributed by atoms with van der Waals surface area (Å²) in [5, 5.41) is 0. The van der Waals surface area contributed by atoms with E-state index >= 15 is 0 Å². The second kappa shape index (κ2) is 3.26. The van der Waals surface area contributed by atoms with Crippen molar-refractivity contribution in [3.05, 3.63) is 34.3 Å². The van der Waals surface area contributed by atoms with Crippen molar-refractivity contribution in [1.29, 1.82) is 0 Å². The molecule has 0 aliphatic heterocycles. The van der Waals surface area contributed by atoms with E-state index in [1.165, 1.54) is 5.56 Å². The van der Waals surface area contributed by atoms with Gasteiger partial charge in [-0.1, -0.05) is 28.1 Å². The van der Waals surface area contributed by atoms with Crippen LogP contribution in [0.5, 0.6) is 0 Å². The lowest BCUT2D eigenvalue weighted by Gasteiger charge is -2.06. The first-order valence-electron chi connectivity index (χ1n) is 4.45.